The highest BCUT2D eigenvalue weighted by atomic mass is 35.5. The Morgan fingerprint density at radius 2 is 2.50 bits per heavy atom. The zero-order valence-electron chi connectivity index (χ0n) is 7.70. The van der Waals surface area contributed by atoms with Crippen molar-refractivity contribution in [2.24, 2.45) is 7.05 Å². The van der Waals surface area contributed by atoms with Gasteiger partial charge < -0.3 is 5.32 Å². The van der Waals surface area contributed by atoms with Crippen molar-refractivity contribution in [2.75, 3.05) is 5.32 Å². The van der Waals surface area contributed by atoms with Gasteiger partial charge in [-0.05, 0) is 6.07 Å². The van der Waals surface area contributed by atoms with Gasteiger partial charge in [-0.1, -0.05) is 11.6 Å². The van der Waals surface area contributed by atoms with Crippen LogP contribution in [0.4, 0.5) is 5.82 Å². The lowest BCUT2D eigenvalue weighted by molar-refractivity contribution is 0.768. The van der Waals surface area contributed by atoms with E-state index < -0.39 is 0 Å². The van der Waals surface area contributed by atoms with Gasteiger partial charge in [0.25, 0.3) is 0 Å². The van der Waals surface area contributed by atoms with Crippen LogP contribution < -0.4 is 5.32 Å². The molecule has 0 unspecified atom stereocenters. The first kappa shape index (κ1) is 9.55. The Balaban J connectivity index is 1.94. The van der Waals surface area contributed by atoms with Gasteiger partial charge in [-0.25, -0.2) is 0 Å². The fourth-order valence-electron chi connectivity index (χ4n) is 1.13. The number of halogens is 1. The fourth-order valence-corrected chi connectivity index (χ4v) is 2.15. The number of rotatable bonds is 3. The fraction of sp³-hybridized carbons (Fsp3) is 0.222. The van der Waals surface area contributed by atoms with Crippen molar-refractivity contribution in [1.29, 1.82) is 0 Å². The summed E-state index contributed by atoms with van der Waals surface area (Å²) in [7, 11) is 1.90. The number of anilines is 1. The van der Waals surface area contributed by atoms with E-state index in [4.69, 9.17) is 11.6 Å². The van der Waals surface area contributed by atoms with Crippen molar-refractivity contribution in [3.63, 3.8) is 0 Å². The molecule has 0 radical (unpaired) electrons. The molecule has 5 heteroatoms. The van der Waals surface area contributed by atoms with Crippen molar-refractivity contribution in [3.05, 3.63) is 33.6 Å². The molecule has 74 valence electrons. The zero-order valence-corrected chi connectivity index (χ0v) is 9.27. The average Bonchev–Trinajstić information content (AvgIpc) is 2.72. The second-order valence-electron chi connectivity index (χ2n) is 2.96. The van der Waals surface area contributed by atoms with Crippen molar-refractivity contribution in [2.45, 2.75) is 6.54 Å². The van der Waals surface area contributed by atoms with Gasteiger partial charge in [0, 0.05) is 29.6 Å². The molecule has 0 spiro atoms. The van der Waals surface area contributed by atoms with Crippen LogP contribution in [0.25, 0.3) is 0 Å². The van der Waals surface area contributed by atoms with E-state index in [0.29, 0.717) is 0 Å². The highest BCUT2D eigenvalue weighted by Gasteiger charge is 1.99. The molecular weight excluding hydrogens is 218 g/mol. The lowest BCUT2D eigenvalue weighted by Crippen LogP contribution is -1.98. The van der Waals surface area contributed by atoms with Gasteiger partial charge in [0.2, 0.25) is 0 Å². The van der Waals surface area contributed by atoms with E-state index in [1.165, 1.54) is 4.88 Å². The first-order chi connectivity index (χ1) is 6.74. The van der Waals surface area contributed by atoms with Gasteiger partial charge in [-0.15, -0.1) is 11.3 Å². The van der Waals surface area contributed by atoms with Gasteiger partial charge in [0.15, 0.2) is 0 Å². The van der Waals surface area contributed by atoms with Crippen LogP contribution in [-0.4, -0.2) is 9.78 Å². The highest BCUT2D eigenvalue weighted by Crippen LogP contribution is 2.19. The van der Waals surface area contributed by atoms with Gasteiger partial charge in [-0.2, -0.15) is 5.10 Å². The average molecular weight is 228 g/mol. The number of nitrogens with one attached hydrogen (secondary N) is 1. The Morgan fingerprint density at radius 3 is 3.07 bits per heavy atom. The molecule has 0 fully saturated rings. The van der Waals surface area contributed by atoms with Gasteiger partial charge in [0.05, 0.1) is 11.6 Å². The summed E-state index contributed by atoms with van der Waals surface area (Å²) in [6, 6.07) is 3.90. The molecule has 0 bridgehead atoms. The van der Waals surface area contributed by atoms with Crippen LogP contribution in [0, 0.1) is 0 Å². The van der Waals surface area contributed by atoms with E-state index in [1.54, 1.807) is 16.0 Å². The molecule has 0 atom stereocenters. The van der Waals surface area contributed by atoms with Gasteiger partial charge in [-0.3, -0.25) is 4.68 Å². The highest BCUT2D eigenvalue weighted by molar-refractivity contribution is 7.10. The normalized spacial score (nSPS) is 10.4. The van der Waals surface area contributed by atoms with Crippen LogP contribution >= 0.6 is 22.9 Å². The van der Waals surface area contributed by atoms with Gasteiger partial charge >= 0.3 is 0 Å². The van der Waals surface area contributed by atoms with Crippen LogP contribution in [-0.2, 0) is 13.6 Å². The standard InChI is InChI=1S/C9H10ClN3S/c1-13-3-2-9(12-13)11-5-8-4-7(10)6-14-8/h2-4,6H,5H2,1H3,(H,11,12). The number of aromatic nitrogens is 2. The van der Waals surface area contributed by atoms with E-state index in [-0.39, 0.29) is 0 Å². The molecule has 0 aliphatic rings. The molecule has 0 saturated heterocycles. The molecule has 2 heterocycles. The Labute approximate surface area is 91.3 Å². The Bertz CT molecular complexity index is 381. The predicted octanol–water partition coefficient (Wildman–Crippen LogP) is 2.75. The largest absolute Gasteiger partial charge is 0.364 e. The third-order valence-electron chi connectivity index (χ3n) is 1.78. The maximum Gasteiger partial charge on any atom is 0.148 e. The predicted molar refractivity (Wildman–Crippen MR) is 59.9 cm³/mol. The first-order valence-electron chi connectivity index (χ1n) is 4.20. The van der Waals surface area contributed by atoms with Crippen LogP contribution in [0.3, 0.4) is 0 Å². The SMILES string of the molecule is Cn1ccc(NCc2cc(Cl)cs2)n1. The summed E-state index contributed by atoms with van der Waals surface area (Å²) in [6.45, 7) is 0.772. The van der Waals surface area contributed by atoms with Gasteiger partial charge in [0.1, 0.15) is 5.82 Å². The van der Waals surface area contributed by atoms with Crippen molar-refractivity contribution in [3.8, 4) is 0 Å². The summed E-state index contributed by atoms with van der Waals surface area (Å²) in [5.74, 6) is 0.886. The molecule has 0 aliphatic heterocycles. The molecule has 1 N–H and O–H groups in total. The topological polar surface area (TPSA) is 29.9 Å². The summed E-state index contributed by atoms with van der Waals surface area (Å²) in [6.07, 6.45) is 1.91. The molecule has 2 aromatic rings. The minimum atomic E-state index is 0.772. The van der Waals surface area contributed by atoms with E-state index in [0.717, 1.165) is 17.4 Å². The van der Waals surface area contributed by atoms with Crippen LogP contribution in [0.2, 0.25) is 5.02 Å². The second-order valence-corrected chi connectivity index (χ2v) is 4.39. The lowest BCUT2D eigenvalue weighted by atomic mass is 10.4. The van der Waals surface area contributed by atoms with E-state index in [1.807, 2.05) is 30.8 Å². The second kappa shape index (κ2) is 4.02. The number of thiophene rings is 1. The van der Waals surface area contributed by atoms with Crippen molar-refractivity contribution >= 4 is 28.8 Å². The van der Waals surface area contributed by atoms with Crippen molar-refractivity contribution < 1.29 is 0 Å². The third-order valence-corrected chi connectivity index (χ3v) is 3.06. The Hall–Kier alpha value is -1.00. The van der Waals surface area contributed by atoms with Crippen LogP contribution in [0.1, 0.15) is 4.88 Å². The summed E-state index contributed by atoms with van der Waals surface area (Å²) < 4.78 is 1.77. The van der Waals surface area contributed by atoms with Crippen LogP contribution in [0.15, 0.2) is 23.7 Å². The van der Waals surface area contributed by atoms with E-state index in [2.05, 4.69) is 10.4 Å². The summed E-state index contributed by atoms with van der Waals surface area (Å²) in [5.41, 5.74) is 0. The minimum Gasteiger partial charge on any atom is -0.364 e. The summed E-state index contributed by atoms with van der Waals surface area (Å²) >= 11 is 7.46. The number of hydrogen-bond acceptors (Lipinski definition) is 3. The molecule has 3 nitrogen and oxygen atoms in total. The summed E-state index contributed by atoms with van der Waals surface area (Å²) in [4.78, 5) is 1.21. The monoisotopic (exact) mass is 227 g/mol. The van der Waals surface area contributed by atoms with E-state index >= 15 is 0 Å². The molecule has 0 amide bonds. The molecule has 2 rings (SSSR count). The van der Waals surface area contributed by atoms with Crippen LogP contribution in [0.5, 0.6) is 0 Å². The molecule has 14 heavy (non-hydrogen) atoms. The third kappa shape index (κ3) is 2.27. The maximum absolute atomic E-state index is 5.81. The van der Waals surface area contributed by atoms with Crippen molar-refractivity contribution in [1.82, 2.24) is 9.78 Å². The molecular formula is C9H10ClN3S. The minimum absolute atomic E-state index is 0.772. The number of aryl methyl sites for hydroxylation is 1. The Morgan fingerprint density at radius 1 is 1.64 bits per heavy atom. The first-order valence-corrected chi connectivity index (χ1v) is 5.46. The Kier molecular flexibility index (Phi) is 2.74. The molecule has 0 aromatic carbocycles. The molecule has 0 saturated carbocycles. The smallest absolute Gasteiger partial charge is 0.148 e. The molecule has 2 aromatic heterocycles. The number of hydrogen-bond donors (Lipinski definition) is 1. The lowest BCUT2D eigenvalue weighted by Gasteiger charge is -1.98. The quantitative estimate of drug-likeness (QED) is 0.874. The van der Waals surface area contributed by atoms with E-state index in [9.17, 15) is 0 Å². The number of nitrogens with zero attached hydrogens (tertiary/aromatic N) is 2. The zero-order chi connectivity index (χ0) is 9.97. The summed E-state index contributed by atoms with van der Waals surface area (Å²) in [5, 5.41) is 10.2. The molecule has 0 aliphatic carbocycles. The maximum atomic E-state index is 5.81.